The number of carbonyl (C=O) groups is 1. The molecular weight excluding hydrogens is 190 g/mol. The van der Waals surface area contributed by atoms with E-state index in [1.54, 1.807) is 0 Å². The normalized spacial score (nSPS) is 24.1. The lowest BCUT2D eigenvalue weighted by Crippen LogP contribution is -2.46. The second-order valence-corrected chi connectivity index (χ2v) is 4.23. The Kier molecular flexibility index (Phi) is 4.54. The Morgan fingerprint density at radius 1 is 1.53 bits per heavy atom. The molecule has 1 fully saturated rings. The molecule has 4 heteroatoms. The number of hydrogen-bond acceptors (Lipinski definition) is 3. The minimum Gasteiger partial charge on any atom is -0.342 e. The highest BCUT2D eigenvalue weighted by molar-refractivity contribution is 5.81. The first-order chi connectivity index (χ1) is 7.10. The van der Waals surface area contributed by atoms with E-state index >= 15 is 0 Å². The number of carbonyl (C=O) groups excluding carboxylic acids is 1. The average molecular weight is 213 g/mol. The van der Waals surface area contributed by atoms with Crippen LogP contribution in [0.2, 0.25) is 0 Å². The minimum absolute atomic E-state index is 0.0153. The molecule has 1 aliphatic heterocycles. The highest BCUT2D eigenvalue weighted by atomic mass is 16.2. The van der Waals surface area contributed by atoms with Crippen LogP contribution < -0.4 is 5.73 Å². The Hall–Kier alpha value is -0.610. The third kappa shape index (κ3) is 2.92. The van der Waals surface area contributed by atoms with Crippen LogP contribution in [0.5, 0.6) is 0 Å². The van der Waals surface area contributed by atoms with Crippen LogP contribution in [-0.4, -0.2) is 54.0 Å². The summed E-state index contributed by atoms with van der Waals surface area (Å²) in [6, 6.07) is 0.232. The SMILES string of the molecule is CCN(CC)C(=O)C(C)N1CCC(N)C1. The van der Waals surface area contributed by atoms with E-state index in [4.69, 9.17) is 5.73 Å². The van der Waals surface area contributed by atoms with Crippen molar-refractivity contribution in [1.29, 1.82) is 0 Å². The first-order valence-electron chi connectivity index (χ1n) is 5.88. The number of likely N-dealkylation sites (tertiary alicyclic amines) is 1. The summed E-state index contributed by atoms with van der Waals surface area (Å²) < 4.78 is 0. The van der Waals surface area contributed by atoms with Crippen LogP contribution in [-0.2, 0) is 4.79 Å². The molecule has 0 aromatic heterocycles. The van der Waals surface area contributed by atoms with Gasteiger partial charge < -0.3 is 10.6 Å². The molecule has 1 amide bonds. The fraction of sp³-hybridized carbons (Fsp3) is 0.909. The molecule has 0 radical (unpaired) electrons. The van der Waals surface area contributed by atoms with Crippen LogP contribution in [0.3, 0.4) is 0 Å². The van der Waals surface area contributed by atoms with Crippen molar-refractivity contribution in [2.45, 2.75) is 39.3 Å². The van der Waals surface area contributed by atoms with Gasteiger partial charge >= 0.3 is 0 Å². The predicted octanol–water partition coefficient (Wildman–Crippen LogP) is 0.276. The summed E-state index contributed by atoms with van der Waals surface area (Å²) in [5, 5.41) is 0. The molecule has 0 aromatic carbocycles. The van der Waals surface area contributed by atoms with Crippen LogP contribution >= 0.6 is 0 Å². The molecule has 88 valence electrons. The van der Waals surface area contributed by atoms with Crippen LogP contribution in [0.15, 0.2) is 0 Å². The van der Waals surface area contributed by atoms with Gasteiger partial charge in [-0.1, -0.05) is 0 Å². The highest BCUT2D eigenvalue weighted by Gasteiger charge is 2.29. The minimum atomic E-state index is -0.0153. The van der Waals surface area contributed by atoms with Crippen molar-refractivity contribution in [2.24, 2.45) is 5.73 Å². The van der Waals surface area contributed by atoms with Crippen molar-refractivity contribution in [3.05, 3.63) is 0 Å². The monoisotopic (exact) mass is 213 g/mol. The predicted molar refractivity (Wildman–Crippen MR) is 61.6 cm³/mol. The van der Waals surface area contributed by atoms with Crippen LogP contribution in [0.4, 0.5) is 0 Å². The molecule has 2 N–H and O–H groups in total. The molecular formula is C11H23N3O. The Balaban J connectivity index is 2.52. The van der Waals surface area contributed by atoms with Gasteiger partial charge in [0.25, 0.3) is 0 Å². The number of likely N-dealkylation sites (N-methyl/N-ethyl adjacent to an activating group) is 1. The Bertz CT molecular complexity index is 216. The molecule has 0 saturated carbocycles. The van der Waals surface area contributed by atoms with E-state index in [0.717, 1.165) is 32.6 Å². The summed E-state index contributed by atoms with van der Waals surface area (Å²) >= 11 is 0. The van der Waals surface area contributed by atoms with Gasteiger partial charge in [-0.25, -0.2) is 0 Å². The molecule has 15 heavy (non-hydrogen) atoms. The standard InChI is InChI=1S/C11H23N3O/c1-4-13(5-2)11(15)9(3)14-7-6-10(12)8-14/h9-10H,4-8,12H2,1-3H3. The van der Waals surface area contributed by atoms with Crippen molar-refractivity contribution < 1.29 is 4.79 Å². The van der Waals surface area contributed by atoms with E-state index in [1.165, 1.54) is 0 Å². The topological polar surface area (TPSA) is 49.6 Å². The fourth-order valence-corrected chi connectivity index (χ4v) is 2.12. The number of amides is 1. The first kappa shape index (κ1) is 12.5. The fourth-order valence-electron chi connectivity index (χ4n) is 2.12. The van der Waals surface area contributed by atoms with E-state index < -0.39 is 0 Å². The Labute approximate surface area is 92.4 Å². The molecule has 2 unspecified atom stereocenters. The number of hydrogen-bond donors (Lipinski definition) is 1. The van der Waals surface area contributed by atoms with Crippen molar-refractivity contribution in [3.63, 3.8) is 0 Å². The molecule has 0 aromatic rings. The third-order valence-corrected chi connectivity index (χ3v) is 3.24. The van der Waals surface area contributed by atoms with Crippen molar-refractivity contribution in [1.82, 2.24) is 9.80 Å². The van der Waals surface area contributed by atoms with E-state index in [9.17, 15) is 4.79 Å². The molecule has 0 spiro atoms. The van der Waals surface area contributed by atoms with Gasteiger partial charge in [0.05, 0.1) is 6.04 Å². The summed E-state index contributed by atoms with van der Waals surface area (Å²) in [5.74, 6) is 0.231. The molecule has 1 heterocycles. The lowest BCUT2D eigenvalue weighted by atomic mass is 10.2. The van der Waals surface area contributed by atoms with E-state index in [-0.39, 0.29) is 18.0 Å². The maximum atomic E-state index is 12.0. The molecule has 2 atom stereocenters. The van der Waals surface area contributed by atoms with E-state index in [1.807, 2.05) is 25.7 Å². The van der Waals surface area contributed by atoms with Crippen LogP contribution in [0.1, 0.15) is 27.2 Å². The lowest BCUT2D eigenvalue weighted by molar-refractivity contribution is -0.135. The zero-order chi connectivity index (χ0) is 11.4. The van der Waals surface area contributed by atoms with Gasteiger partial charge in [0.2, 0.25) is 5.91 Å². The maximum absolute atomic E-state index is 12.0. The molecule has 1 saturated heterocycles. The molecule has 1 aliphatic rings. The molecule has 4 nitrogen and oxygen atoms in total. The van der Waals surface area contributed by atoms with E-state index in [2.05, 4.69) is 4.90 Å². The number of nitrogens with zero attached hydrogens (tertiary/aromatic N) is 2. The summed E-state index contributed by atoms with van der Waals surface area (Å²) in [6.07, 6.45) is 1.01. The van der Waals surface area contributed by atoms with Gasteiger partial charge in [-0.15, -0.1) is 0 Å². The zero-order valence-corrected chi connectivity index (χ0v) is 10.1. The van der Waals surface area contributed by atoms with Crippen molar-refractivity contribution in [3.8, 4) is 0 Å². The second-order valence-electron chi connectivity index (χ2n) is 4.23. The maximum Gasteiger partial charge on any atom is 0.239 e. The molecule has 1 rings (SSSR count). The summed E-state index contributed by atoms with van der Waals surface area (Å²) in [6.45, 7) is 9.41. The van der Waals surface area contributed by atoms with Gasteiger partial charge in [-0.2, -0.15) is 0 Å². The smallest absolute Gasteiger partial charge is 0.239 e. The summed E-state index contributed by atoms with van der Waals surface area (Å²) in [5.41, 5.74) is 5.84. The second kappa shape index (κ2) is 5.47. The van der Waals surface area contributed by atoms with E-state index in [0.29, 0.717) is 0 Å². The quantitative estimate of drug-likeness (QED) is 0.729. The summed E-state index contributed by atoms with van der Waals surface area (Å²) in [7, 11) is 0. The summed E-state index contributed by atoms with van der Waals surface area (Å²) in [4.78, 5) is 16.1. The van der Waals surface area contributed by atoms with Gasteiger partial charge in [-0.05, 0) is 27.2 Å². The molecule has 0 aliphatic carbocycles. The van der Waals surface area contributed by atoms with Crippen molar-refractivity contribution >= 4 is 5.91 Å². The Morgan fingerprint density at radius 2 is 2.13 bits per heavy atom. The largest absolute Gasteiger partial charge is 0.342 e. The van der Waals surface area contributed by atoms with Crippen LogP contribution in [0.25, 0.3) is 0 Å². The van der Waals surface area contributed by atoms with Gasteiger partial charge in [0.15, 0.2) is 0 Å². The Morgan fingerprint density at radius 3 is 2.53 bits per heavy atom. The van der Waals surface area contributed by atoms with Gasteiger partial charge in [0.1, 0.15) is 0 Å². The van der Waals surface area contributed by atoms with Crippen LogP contribution in [0, 0.1) is 0 Å². The van der Waals surface area contributed by atoms with Crippen molar-refractivity contribution in [2.75, 3.05) is 26.2 Å². The zero-order valence-electron chi connectivity index (χ0n) is 10.1. The first-order valence-corrected chi connectivity index (χ1v) is 5.88. The third-order valence-electron chi connectivity index (χ3n) is 3.24. The highest BCUT2D eigenvalue weighted by Crippen LogP contribution is 2.12. The van der Waals surface area contributed by atoms with Gasteiger partial charge in [-0.3, -0.25) is 9.69 Å². The number of rotatable bonds is 4. The van der Waals surface area contributed by atoms with Gasteiger partial charge in [0, 0.05) is 32.2 Å². The number of nitrogens with two attached hydrogens (primary N) is 1. The lowest BCUT2D eigenvalue weighted by Gasteiger charge is -2.28. The average Bonchev–Trinajstić information content (AvgIpc) is 2.65. The molecule has 0 bridgehead atoms.